The number of rotatable bonds is 5. The van der Waals surface area contributed by atoms with Crippen molar-refractivity contribution < 1.29 is 19.2 Å². The molecule has 22 heavy (non-hydrogen) atoms. The van der Waals surface area contributed by atoms with E-state index in [2.05, 4.69) is 5.32 Å². The van der Waals surface area contributed by atoms with E-state index in [0.717, 1.165) is 31.7 Å². The lowest BCUT2D eigenvalue weighted by Gasteiger charge is -2.17. The monoisotopic (exact) mass is 306 g/mol. The molecule has 1 fully saturated rings. The second-order valence-corrected chi connectivity index (χ2v) is 5.34. The second-order valence-electron chi connectivity index (χ2n) is 5.34. The molecule has 1 amide bonds. The fourth-order valence-corrected chi connectivity index (χ4v) is 2.42. The van der Waals surface area contributed by atoms with E-state index in [9.17, 15) is 19.7 Å². The fraction of sp³-hybridized carbons (Fsp3) is 0.467. The standard InChI is InChI=1S/C15H18N2O5/c1-10(14(18)16-12-6-2-3-7-12)22-15(19)11-5-4-8-13(9-11)17(20)21/h4-5,8-10,12H,2-3,6-7H2,1H3,(H,16,18)/t10-/m0/s1. The second kappa shape index (κ2) is 7.02. The van der Waals surface area contributed by atoms with Crippen molar-refractivity contribution >= 4 is 17.6 Å². The number of nitrogens with one attached hydrogen (secondary N) is 1. The molecule has 0 aliphatic heterocycles. The smallest absolute Gasteiger partial charge is 0.339 e. The molecule has 0 heterocycles. The van der Waals surface area contributed by atoms with Crippen molar-refractivity contribution in [1.82, 2.24) is 5.32 Å². The van der Waals surface area contributed by atoms with Crippen LogP contribution in [0, 0.1) is 10.1 Å². The number of nitro benzene ring substituents is 1. The van der Waals surface area contributed by atoms with Gasteiger partial charge in [-0.15, -0.1) is 0 Å². The maximum Gasteiger partial charge on any atom is 0.339 e. The Hall–Kier alpha value is -2.44. The molecule has 7 heteroatoms. The first-order valence-corrected chi connectivity index (χ1v) is 7.23. The summed E-state index contributed by atoms with van der Waals surface area (Å²) in [4.78, 5) is 34.0. The first-order chi connectivity index (χ1) is 10.5. The Balaban J connectivity index is 1.94. The minimum absolute atomic E-state index is 0.0507. The van der Waals surface area contributed by atoms with E-state index in [1.165, 1.54) is 25.1 Å². The molecule has 1 N–H and O–H groups in total. The summed E-state index contributed by atoms with van der Waals surface area (Å²) >= 11 is 0. The van der Waals surface area contributed by atoms with Crippen molar-refractivity contribution in [3.63, 3.8) is 0 Å². The summed E-state index contributed by atoms with van der Waals surface area (Å²) in [6.07, 6.45) is 3.13. The van der Waals surface area contributed by atoms with Gasteiger partial charge in [-0.2, -0.15) is 0 Å². The average molecular weight is 306 g/mol. The summed E-state index contributed by atoms with van der Waals surface area (Å²) in [5.41, 5.74) is -0.146. The van der Waals surface area contributed by atoms with Crippen LogP contribution in [0.1, 0.15) is 43.0 Å². The fourth-order valence-electron chi connectivity index (χ4n) is 2.42. The molecule has 1 saturated carbocycles. The SMILES string of the molecule is C[C@H](OC(=O)c1cccc([N+](=O)[O-])c1)C(=O)NC1CCCC1. The molecular weight excluding hydrogens is 288 g/mol. The van der Waals surface area contributed by atoms with E-state index in [0.29, 0.717) is 0 Å². The number of amides is 1. The van der Waals surface area contributed by atoms with Crippen molar-refractivity contribution in [2.24, 2.45) is 0 Å². The number of nitro groups is 1. The molecular formula is C15H18N2O5. The molecule has 0 saturated heterocycles. The van der Waals surface area contributed by atoms with Crippen LogP contribution < -0.4 is 5.32 Å². The van der Waals surface area contributed by atoms with E-state index in [1.807, 2.05) is 0 Å². The number of esters is 1. The van der Waals surface area contributed by atoms with Crippen molar-refractivity contribution in [3.05, 3.63) is 39.9 Å². The van der Waals surface area contributed by atoms with E-state index in [1.54, 1.807) is 0 Å². The van der Waals surface area contributed by atoms with Crippen LogP contribution in [0.4, 0.5) is 5.69 Å². The van der Waals surface area contributed by atoms with Gasteiger partial charge in [-0.3, -0.25) is 14.9 Å². The van der Waals surface area contributed by atoms with E-state index in [-0.39, 0.29) is 23.2 Å². The van der Waals surface area contributed by atoms with Gasteiger partial charge in [0, 0.05) is 18.2 Å². The number of hydrogen-bond donors (Lipinski definition) is 1. The van der Waals surface area contributed by atoms with Gasteiger partial charge in [-0.1, -0.05) is 18.9 Å². The van der Waals surface area contributed by atoms with Gasteiger partial charge in [-0.05, 0) is 25.8 Å². The predicted molar refractivity (Wildman–Crippen MR) is 78.4 cm³/mol. The molecule has 1 aromatic carbocycles. The number of non-ortho nitro benzene ring substituents is 1. The topological polar surface area (TPSA) is 98.5 Å². The lowest BCUT2D eigenvalue weighted by Crippen LogP contribution is -2.40. The average Bonchev–Trinajstić information content (AvgIpc) is 3.00. The molecule has 0 spiro atoms. The number of benzene rings is 1. The molecule has 7 nitrogen and oxygen atoms in total. The maximum absolute atomic E-state index is 11.9. The third-order valence-corrected chi connectivity index (χ3v) is 3.65. The Labute approximate surface area is 127 Å². The van der Waals surface area contributed by atoms with E-state index < -0.39 is 17.0 Å². The number of hydrogen-bond acceptors (Lipinski definition) is 5. The Kier molecular flexibility index (Phi) is 5.08. The Morgan fingerprint density at radius 3 is 2.68 bits per heavy atom. The van der Waals surface area contributed by atoms with Crippen LogP contribution in [0.15, 0.2) is 24.3 Å². The lowest BCUT2D eigenvalue weighted by atomic mass is 10.2. The molecule has 0 unspecified atom stereocenters. The molecule has 1 aliphatic rings. The van der Waals surface area contributed by atoms with Gasteiger partial charge in [0.05, 0.1) is 10.5 Å². The van der Waals surface area contributed by atoms with Gasteiger partial charge in [-0.25, -0.2) is 4.79 Å². The van der Waals surface area contributed by atoms with Gasteiger partial charge in [0.25, 0.3) is 11.6 Å². The summed E-state index contributed by atoms with van der Waals surface area (Å²) in [7, 11) is 0. The summed E-state index contributed by atoms with van der Waals surface area (Å²) in [5, 5.41) is 13.5. The Morgan fingerprint density at radius 2 is 2.05 bits per heavy atom. The summed E-state index contributed by atoms with van der Waals surface area (Å²) in [6.45, 7) is 1.49. The highest BCUT2D eigenvalue weighted by molar-refractivity contribution is 5.92. The quantitative estimate of drug-likeness (QED) is 0.511. The van der Waals surface area contributed by atoms with Crippen molar-refractivity contribution in [3.8, 4) is 0 Å². The largest absolute Gasteiger partial charge is 0.449 e. The van der Waals surface area contributed by atoms with Gasteiger partial charge >= 0.3 is 5.97 Å². The highest BCUT2D eigenvalue weighted by Gasteiger charge is 2.24. The van der Waals surface area contributed by atoms with Crippen LogP contribution in [-0.4, -0.2) is 28.9 Å². The minimum Gasteiger partial charge on any atom is -0.449 e. The Bertz CT molecular complexity index is 581. The number of carbonyl (C=O) groups is 2. The normalized spacial score (nSPS) is 16.0. The number of ether oxygens (including phenoxy) is 1. The third kappa shape index (κ3) is 4.03. The zero-order valence-corrected chi connectivity index (χ0v) is 12.3. The van der Waals surface area contributed by atoms with Gasteiger partial charge in [0.15, 0.2) is 6.10 Å². The Morgan fingerprint density at radius 1 is 1.36 bits per heavy atom. The molecule has 2 rings (SSSR count). The van der Waals surface area contributed by atoms with Crippen molar-refractivity contribution in [2.45, 2.75) is 44.8 Å². The molecule has 118 valence electrons. The van der Waals surface area contributed by atoms with E-state index >= 15 is 0 Å². The third-order valence-electron chi connectivity index (χ3n) is 3.65. The van der Waals surface area contributed by atoms with Crippen LogP contribution in [0.2, 0.25) is 0 Å². The van der Waals surface area contributed by atoms with Gasteiger partial charge < -0.3 is 10.1 Å². The zero-order chi connectivity index (χ0) is 16.1. The predicted octanol–water partition coefficient (Wildman–Crippen LogP) is 2.20. The molecule has 0 bridgehead atoms. The van der Waals surface area contributed by atoms with Crippen LogP contribution in [0.25, 0.3) is 0 Å². The lowest BCUT2D eigenvalue weighted by molar-refractivity contribution is -0.384. The first-order valence-electron chi connectivity index (χ1n) is 7.23. The van der Waals surface area contributed by atoms with Crippen molar-refractivity contribution in [2.75, 3.05) is 0 Å². The molecule has 1 aliphatic carbocycles. The summed E-state index contributed by atoms with van der Waals surface area (Å²) < 4.78 is 5.07. The van der Waals surface area contributed by atoms with Crippen LogP contribution in [0.5, 0.6) is 0 Å². The summed E-state index contributed by atoms with van der Waals surface area (Å²) in [6, 6.07) is 5.37. The molecule has 1 aromatic rings. The minimum atomic E-state index is -0.938. The van der Waals surface area contributed by atoms with Crippen molar-refractivity contribution in [1.29, 1.82) is 0 Å². The molecule has 1 atom stereocenters. The number of carbonyl (C=O) groups excluding carboxylic acids is 2. The number of nitrogens with zero attached hydrogens (tertiary/aromatic N) is 1. The van der Waals surface area contributed by atoms with Gasteiger partial charge in [0.2, 0.25) is 0 Å². The molecule has 0 radical (unpaired) electrons. The van der Waals surface area contributed by atoms with E-state index in [4.69, 9.17) is 4.74 Å². The highest BCUT2D eigenvalue weighted by atomic mass is 16.6. The van der Waals surface area contributed by atoms with Crippen LogP contribution in [-0.2, 0) is 9.53 Å². The maximum atomic E-state index is 11.9. The highest BCUT2D eigenvalue weighted by Crippen LogP contribution is 2.18. The first kappa shape index (κ1) is 15.9. The molecule has 0 aromatic heterocycles. The van der Waals surface area contributed by atoms with Crippen LogP contribution >= 0.6 is 0 Å². The summed E-state index contributed by atoms with van der Waals surface area (Å²) in [5.74, 6) is -1.09. The zero-order valence-electron chi connectivity index (χ0n) is 12.3. The van der Waals surface area contributed by atoms with Gasteiger partial charge in [0.1, 0.15) is 0 Å². The van der Waals surface area contributed by atoms with Crippen LogP contribution in [0.3, 0.4) is 0 Å².